The Kier molecular flexibility index (Phi) is 7.66. The predicted octanol–water partition coefficient (Wildman–Crippen LogP) is 3.30. The SMILES string of the molecule is CCOC(=O)C1=C(COc2ccccc2OC)N(C)C(=O)N[C@@H]1c1cccc(OC)c1OC. The van der Waals surface area contributed by atoms with Gasteiger partial charge in [-0.2, -0.15) is 0 Å². The summed E-state index contributed by atoms with van der Waals surface area (Å²) in [7, 11) is 6.12. The smallest absolute Gasteiger partial charge is 0.338 e. The molecule has 0 aliphatic carbocycles. The predicted molar refractivity (Wildman–Crippen MR) is 121 cm³/mol. The van der Waals surface area contributed by atoms with E-state index in [1.165, 1.54) is 26.2 Å². The van der Waals surface area contributed by atoms with Crippen molar-refractivity contribution in [1.29, 1.82) is 0 Å². The molecule has 1 aliphatic heterocycles. The molecular formula is C24H28N2O7. The number of para-hydroxylation sites is 3. The highest BCUT2D eigenvalue weighted by molar-refractivity contribution is 5.95. The zero-order chi connectivity index (χ0) is 24.0. The number of nitrogens with one attached hydrogen (secondary N) is 1. The Hall–Kier alpha value is -3.88. The minimum absolute atomic E-state index is 0.0682. The van der Waals surface area contributed by atoms with Gasteiger partial charge in [-0.15, -0.1) is 0 Å². The molecule has 1 atom stereocenters. The van der Waals surface area contributed by atoms with E-state index in [-0.39, 0.29) is 18.8 Å². The van der Waals surface area contributed by atoms with Crippen LogP contribution in [-0.2, 0) is 9.53 Å². The van der Waals surface area contributed by atoms with Crippen LogP contribution in [0.1, 0.15) is 18.5 Å². The Balaban J connectivity index is 2.12. The second-order valence-corrected chi connectivity index (χ2v) is 7.04. The van der Waals surface area contributed by atoms with Crippen LogP contribution in [0.4, 0.5) is 4.79 Å². The van der Waals surface area contributed by atoms with Gasteiger partial charge >= 0.3 is 12.0 Å². The zero-order valence-corrected chi connectivity index (χ0v) is 19.3. The second-order valence-electron chi connectivity index (χ2n) is 7.04. The molecule has 0 unspecified atom stereocenters. The summed E-state index contributed by atoms with van der Waals surface area (Å²) in [6.45, 7) is 1.82. The van der Waals surface area contributed by atoms with Gasteiger partial charge in [-0.25, -0.2) is 9.59 Å². The number of nitrogens with zero attached hydrogens (tertiary/aromatic N) is 1. The maximum Gasteiger partial charge on any atom is 0.338 e. The van der Waals surface area contributed by atoms with Crippen molar-refractivity contribution in [3.8, 4) is 23.0 Å². The summed E-state index contributed by atoms with van der Waals surface area (Å²) < 4.78 is 27.6. The monoisotopic (exact) mass is 456 g/mol. The van der Waals surface area contributed by atoms with Crippen LogP contribution in [0.2, 0.25) is 0 Å². The van der Waals surface area contributed by atoms with Crippen LogP contribution in [0.3, 0.4) is 0 Å². The molecule has 0 fully saturated rings. The minimum atomic E-state index is -0.839. The average molecular weight is 456 g/mol. The van der Waals surface area contributed by atoms with Gasteiger partial charge in [0.15, 0.2) is 23.0 Å². The molecule has 9 nitrogen and oxygen atoms in total. The number of esters is 1. The van der Waals surface area contributed by atoms with E-state index in [1.807, 2.05) is 6.07 Å². The van der Waals surface area contributed by atoms with Gasteiger partial charge in [-0.1, -0.05) is 24.3 Å². The van der Waals surface area contributed by atoms with E-state index in [9.17, 15) is 9.59 Å². The van der Waals surface area contributed by atoms with Crippen LogP contribution >= 0.6 is 0 Å². The van der Waals surface area contributed by atoms with Crippen molar-refractivity contribution in [1.82, 2.24) is 10.2 Å². The molecule has 1 aliphatic rings. The Bertz CT molecular complexity index is 1050. The first kappa shape index (κ1) is 23.8. The summed E-state index contributed by atoms with van der Waals surface area (Å²) >= 11 is 0. The summed E-state index contributed by atoms with van der Waals surface area (Å²) in [5.74, 6) is 1.31. The normalized spacial score (nSPS) is 15.6. The third-order valence-corrected chi connectivity index (χ3v) is 5.25. The van der Waals surface area contributed by atoms with Crippen molar-refractivity contribution in [2.45, 2.75) is 13.0 Å². The number of rotatable bonds is 9. The average Bonchev–Trinajstić information content (AvgIpc) is 2.84. The lowest BCUT2D eigenvalue weighted by molar-refractivity contribution is -0.139. The molecule has 176 valence electrons. The van der Waals surface area contributed by atoms with Crippen molar-refractivity contribution in [2.75, 3.05) is 41.6 Å². The Morgan fingerprint density at radius 1 is 0.970 bits per heavy atom. The quantitative estimate of drug-likeness (QED) is 0.579. The number of amides is 2. The van der Waals surface area contributed by atoms with Crippen molar-refractivity contribution >= 4 is 12.0 Å². The van der Waals surface area contributed by atoms with Crippen molar-refractivity contribution in [3.63, 3.8) is 0 Å². The topological polar surface area (TPSA) is 95.6 Å². The summed E-state index contributed by atoms with van der Waals surface area (Å²) in [6.07, 6.45) is 0. The fourth-order valence-corrected chi connectivity index (χ4v) is 3.64. The van der Waals surface area contributed by atoms with Crippen LogP contribution in [0.15, 0.2) is 53.7 Å². The van der Waals surface area contributed by atoms with Gasteiger partial charge in [-0.05, 0) is 25.1 Å². The molecule has 3 rings (SSSR count). The maximum absolute atomic E-state index is 13.1. The number of hydrogen-bond acceptors (Lipinski definition) is 7. The number of carbonyl (C=O) groups is 2. The molecular weight excluding hydrogens is 428 g/mol. The molecule has 0 radical (unpaired) electrons. The number of hydrogen-bond donors (Lipinski definition) is 1. The summed E-state index contributed by atoms with van der Waals surface area (Å²) in [6, 6.07) is 11.1. The van der Waals surface area contributed by atoms with Crippen molar-refractivity contribution in [3.05, 3.63) is 59.3 Å². The third-order valence-electron chi connectivity index (χ3n) is 5.25. The Labute approximate surface area is 192 Å². The van der Waals surface area contributed by atoms with Crippen molar-refractivity contribution < 1.29 is 33.3 Å². The lowest BCUT2D eigenvalue weighted by atomic mass is 9.93. The number of methoxy groups -OCH3 is 3. The molecule has 2 aromatic carbocycles. The van der Waals surface area contributed by atoms with Crippen molar-refractivity contribution in [2.24, 2.45) is 0 Å². The molecule has 0 bridgehead atoms. The molecule has 1 N–H and O–H groups in total. The highest BCUT2D eigenvalue weighted by Crippen LogP contribution is 2.40. The van der Waals surface area contributed by atoms with Crippen LogP contribution in [-0.4, -0.2) is 58.5 Å². The van der Waals surface area contributed by atoms with E-state index >= 15 is 0 Å². The minimum Gasteiger partial charge on any atom is -0.493 e. The molecule has 0 saturated carbocycles. The van der Waals surface area contributed by atoms with E-state index in [2.05, 4.69) is 5.32 Å². The number of likely N-dealkylation sites (N-methyl/N-ethyl adjacent to an activating group) is 1. The lowest BCUT2D eigenvalue weighted by Crippen LogP contribution is -2.48. The summed E-state index contributed by atoms with van der Waals surface area (Å²) in [4.78, 5) is 27.3. The molecule has 0 spiro atoms. The number of urea groups is 1. The van der Waals surface area contributed by atoms with E-state index in [1.54, 1.807) is 50.4 Å². The second kappa shape index (κ2) is 10.6. The first-order valence-electron chi connectivity index (χ1n) is 10.4. The van der Waals surface area contributed by atoms with Gasteiger partial charge in [0.25, 0.3) is 0 Å². The largest absolute Gasteiger partial charge is 0.493 e. The highest BCUT2D eigenvalue weighted by atomic mass is 16.5. The fourth-order valence-electron chi connectivity index (χ4n) is 3.64. The van der Waals surface area contributed by atoms with Crippen LogP contribution in [0.5, 0.6) is 23.0 Å². The Morgan fingerprint density at radius 3 is 2.27 bits per heavy atom. The molecule has 0 aromatic heterocycles. The van der Waals surface area contributed by atoms with Gasteiger partial charge in [0.2, 0.25) is 0 Å². The van der Waals surface area contributed by atoms with Gasteiger partial charge in [0, 0.05) is 12.6 Å². The third kappa shape index (κ3) is 4.82. The number of ether oxygens (including phenoxy) is 5. The summed E-state index contributed by atoms with van der Waals surface area (Å²) in [5.41, 5.74) is 1.15. The van der Waals surface area contributed by atoms with Gasteiger partial charge < -0.3 is 29.0 Å². The maximum atomic E-state index is 13.1. The Morgan fingerprint density at radius 2 is 1.64 bits per heavy atom. The fraction of sp³-hybridized carbons (Fsp3) is 0.333. The molecule has 0 saturated heterocycles. The van der Waals surface area contributed by atoms with Gasteiger partial charge in [-0.3, -0.25) is 4.90 Å². The van der Waals surface area contributed by atoms with E-state index < -0.39 is 18.0 Å². The van der Waals surface area contributed by atoms with Crippen LogP contribution in [0.25, 0.3) is 0 Å². The molecule has 2 aromatic rings. The van der Waals surface area contributed by atoms with Gasteiger partial charge in [0.05, 0.1) is 45.2 Å². The first-order valence-corrected chi connectivity index (χ1v) is 10.4. The van der Waals surface area contributed by atoms with Crippen LogP contribution < -0.4 is 24.3 Å². The molecule has 1 heterocycles. The number of benzene rings is 2. The highest BCUT2D eigenvalue weighted by Gasteiger charge is 2.39. The van der Waals surface area contributed by atoms with E-state index in [4.69, 9.17) is 23.7 Å². The summed E-state index contributed by atoms with van der Waals surface area (Å²) in [5, 5.41) is 2.86. The van der Waals surface area contributed by atoms with E-state index in [0.717, 1.165) is 0 Å². The standard InChI is InChI=1S/C24H28N2O7/c1-6-32-23(27)20-16(14-33-18-12-8-7-11-17(18)29-3)26(2)24(28)25-21(20)15-10-9-13-19(30-4)22(15)31-5/h7-13,21H,6,14H2,1-5H3,(H,25,28)/t21-/m1/s1. The van der Waals surface area contributed by atoms with Crippen LogP contribution in [0, 0.1) is 0 Å². The molecule has 9 heteroatoms. The molecule has 33 heavy (non-hydrogen) atoms. The lowest BCUT2D eigenvalue weighted by Gasteiger charge is -2.35. The molecule has 2 amide bonds. The zero-order valence-electron chi connectivity index (χ0n) is 19.3. The van der Waals surface area contributed by atoms with Gasteiger partial charge in [0.1, 0.15) is 6.61 Å². The first-order chi connectivity index (χ1) is 16.0. The van der Waals surface area contributed by atoms with E-state index in [0.29, 0.717) is 34.3 Å². The number of carbonyl (C=O) groups excluding carboxylic acids is 2.